The van der Waals surface area contributed by atoms with E-state index in [-0.39, 0.29) is 6.61 Å². The molecular formula is C16H20N2O2. The highest BCUT2D eigenvalue weighted by molar-refractivity contribution is 5.46. The van der Waals surface area contributed by atoms with Crippen LogP contribution in [0, 0.1) is 0 Å². The van der Waals surface area contributed by atoms with Gasteiger partial charge in [0.1, 0.15) is 18.1 Å². The standard InChI is InChI=1S/C16H20N2O2/c19-13-16-7-6-15(20-16)12-17-8-10-18(11-9-17)14-4-2-1-3-5-14/h1-7,19H,8-13H2. The topological polar surface area (TPSA) is 39.9 Å². The van der Waals surface area contributed by atoms with Gasteiger partial charge in [-0.25, -0.2) is 0 Å². The Morgan fingerprint density at radius 2 is 1.60 bits per heavy atom. The maximum absolute atomic E-state index is 9.00. The summed E-state index contributed by atoms with van der Waals surface area (Å²) >= 11 is 0. The summed E-state index contributed by atoms with van der Waals surface area (Å²) in [5.41, 5.74) is 1.30. The van der Waals surface area contributed by atoms with Crippen molar-refractivity contribution in [3.8, 4) is 0 Å². The van der Waals surface area contributed by atoms with E-state index in [1.54, 1.807) is 0 Å². The van der Waals surface area contributed by atoms with Crippen LogP contribution in [-0.2, 0) is 13.2 Å². The van der Waals surface area contributed by atoms with Crippen molar-refractivity contribution in [2.24, 2.45) is 0 Å². The van der Waals surface area contributed by atoms with Crippen LogP contribution in [0.4, 0.5) is 5.69 Å². The number of hydrogen-bond acceptors (Lipinski definition) is 4. The molecule has 2 aromatic rings. The Morgan fingerprint density at radius 1 is 0.900 bits per heavy atom. The van der Waals surface area contributed by atoms with Crippen molar-refractivity contribution < 1.29 is 9.52 Å². The third-order valence-corrected chi connectivity index (χ3v) is 3.75. The van der Waals surface area contributed by atoms with Crippen LogP contribution in [0.1, 0.15) is 11.5 Å². The van der Waals surface area contributed by atoms with Gasteiger partial charge in [0, 0.05) is 31.9 Å². The fourth-order valence-electron chi connectivity index (χ4n) is 2.62. The minimum Gasteiger partial charge on any atom is -0.462 e. The average Bonchev–Trinajstić information content (AvgIpc) is 2.97. The summed E-state index contributed by atoms with van der Waals surface area (Å²) < 4.78 is 5.54. The Hall–Kier alpha value is -1.78. The quantitative estimate of drug-likeness (QED) is 0.925. The molecule has 0 unspecified atom stereocenters. The van der Waals surface area contributed by atoms with Crippen molar-refractivity contribution in [3.05, 3.63) is 54.0 Å². The molecule has 1 fully saturated rings. The molecule has 0 amide bonds. The van der Waals surface area contributed by atoms with E-state index in [4.69, 9.17) is 9.52 Å². The maximum Gasteiger partial charge on any atom is 0.129 e. The second-order valence-corrected chi connectivity index (χ2v) is 5.12. The molecule has 0 bridgehead atoms. The third kappa shape index (κ3) is 3.03. The number of aliphatic hydroxyl groups is 1. The van der Waals surface area contributed by atoms with Crippen LogP contribution >= 0.6 is 0 Å². The Labute approximate surface area is 119 Å². The van der Waals surface area contributed by atoms with Gasteiger partial charge in [0.15, 0.2) is 0 Å². The number of benzene rings is 1. The van der Waals surface area contributed by atoms with Gasteiger partial charge in [0.2, 0.25) is 0 Å². The zero-order valence-electron chi connectivity index (χ0n) is 11.5. The Balaban J connectivity index is 1.53. The van der Waals surface area contributed by atoms with E-state index in [0.717, 1.165) is 38.5 Å². The van der Waals surface area contributed by atoms with Crippen LogP contribution in [0.2, 0.25) is 0 Å². The molecule has 0 aliphatic carbocycles. The van der Waals surface area contributed by atoms with Gasteiger partial charge >= 0.3 is 0 Å². The molecule has 0 spiro atoms. The highest BCUT2D eigenvalue weighted by Crippen LogP contribution is 2.17. The van der Waals surface area contributed by atoms with Crippen molar-refractivity contribution in [3.63, 3.8) is 0 Å². The molecule has 2 heterocycles. The highest BCUT2D eigenvalue weighted by atomic mass is 16.4. The summed E-state index contributed by atoms with van der Waals surface area (Å²) in [5.74, 6) is 1.57. The lowest BCUT2D eigenvalue weighted by atomic mass is 10.2. The van der Waals surface area contributed by atoms with Gasteiger partial charge in [-0.1, -0.05) is 18.2 Å². The predicted molar refractivity (Wildman–Crippen MR) is 78.6 cm³/mol. The summed E-state index contributed by atoms with van der Waals surface area (Å²) in [6, 6.07) is 14.3. The predicted octanol–water partition coefficient (Wildman–Crippen LogP) is 2.09. The Bertz CT molecular complexity index is 530. The molecular weight excluding hydrogens is 252 g/mol. The summed E-state index contributed by atoms with van der Waals surface area (Å²) in [5, 5.41) is 9.00. The lowest BCUT2D eigenvalue weighted by Gasteiger charge is -2.35. The number of para-hydroxylation sites is 1. The van der Waals surface area contributed by atoms with Gasteiger partial charge in [-0.15, -0.1) is 0 Å². The van der Waals surface area contributed by atoms with Crippen LogP contribution in [-0.4, -0.2) is 36.2 Å². The minimum absolute atomic E-state index is 0.0260. The Kier molecular flexibility index (Phi) is 4.04. The fraction of sp³-hybridized carbons (Fsp3) is 0.375. The number of hydrogen-bond donors (Lipinski definition) is 1. The van der Waals surface area contributed by atoms with Crippen LogP contribution in [0.5, 0.6) is 0 Å². The SMILES string of the molecule is OCc1ccc(CN2CCN(c3ccccc3)CC2)o1. The van der Waals surface area contributed by atoms with E-state index < -0.39 is 0 Å². The molecule has 1 aliphatic heterocycles. The summed E-state index contributed by atoms with van der Waals surface area (Å²) in [4.78, 5) is 4.80. The smallest absolute Gasteiger partial charge is 0.129 e. The number of furan rings is 1. The molecule has 1 aromatic carbocycles. The molecule has 106 valence electrons. The first-order valence-electron chi connectivity index (χ1n) is 7.06. The molecule has 1 saturated heterocycles. The van der Waals surface area contributed by atoms with Gasteiger partial charge in [-0.3, -0.25) is 4.90 Å². The number of anilines is 1. The van der Waals surface area contributed by atoms with Gasteiger partial charge in [-0.05, 0) is 24.3 Å². The lowest BCUT2D eigenvalue weighted by molar-refractivity contribution is 0.212. The Morgan fingerprint density at radius 3 is 2.25 bits per heavy atom. The van der Waals surface area contributed by atoms with Crippen molar-refractivity contribution in [1.82, 2.24) is 4.90 Å². The molecule has 4 nitrogen and oxygen atoms in total. The number of rotatable bonds is 4. The van der Waals surface area contributed by atoms with E-state index in [1.807, 2.05) is 12.1 Å². The highest BCUT2D eigenvalue weighted by Gasteiger charge is 2.18. The largest absolute Gasteiger partial charge is 0.462 e. The molecule has 0 atom stereocenters. The van der Waals surface area contributed by atoms with Crippen molar-refractivity contribution >= 4 is 5.69 Å². The molecule has 1 aromatic heterocycles. The van der Waals surface area contributed by atoms with Crippen molar-refractivity contribution in [1.29, 1.82) is 0 Å². The first-order chi connectivity index (χ1) is 9.85. The third-order valence-electron chi connectivity index (χ3n) is 3.75. The van der Waals surface area contributed by atoms with Gasteiger partial charge in [0.05, 0.1) is 6.54 Å². The maximum atomic E-state index is 9.00. The first kappa shape index (κ1) is 13.2. The molecule has 20 heavy (non-hydrogen) atoms. The second-order valence-electron chi connectivity index (χ2n) is 5.12. The van der Waals surface area contributed by atoms with Crippen LogP contribution in [0.25, 0.3) is 0 Å². The molecule has 3 rings (SSSR count). The van der Waals surface area contributed by atoms with E-state index in [1.165, 1.54) is 5.69 Å². The molecule has 0 saturated carbocycles. The summed E-state index contributed by atoms with van der Waals surface area (Å²) in [6.07, 6.45) is 0. The lowest BCUT2D eigenvalue weighted by Crippen LogP contribution is -2.45. The summed E-state index contributed by atoms with van der Waals surface area (Å²) in [7, 11) is 0. The van der Waals surface area contributed by atoms with E-state index in [0.29, 0.717) is 5.76 Å². The van der Waals surface area contributed by atoms with Gasteiger partial charge < -0.3 is 14.4 Å². The second kappa shape index (κ2) is 6.11. The van der Waals surface area contributed by atoms with Gasteiger partial charge in [-0.2, -0.15) is 0 Å². The zero-order valence-corrected chi connectivity index (χ0v) is 11.5. The number of nitrogens with zero attached hydrogens (tertiary/aromatic N) is 2. The molecule has 0 radical (unpaired) electrons. The first-order valence-corrected chi connectivity index (χ1v) is 7.06. The monoisotopic (exact) mass is 272 g/mol. The van der Waals surface area contributed by atoms with Crippen LogP contribution in [0.3, 0.4) is 0 Å². The summed E-state index contributed by atoms with van der Waals surface area (Å²) in [6.45, 7) is 4.94. The normalized spacial score (nSPS) is 16.6. The minimum atomic E-state index is -0.0260. The number of aliphatic hydroxyl groups excluding tert-OH is 1. The van der Waals surface area contributed by atoms with Crippen molar-refractivity contribution in [2.75, 3.05) is 31.1 Å². The van der Waals surface area contributed by atoms with E-state index in [2.05, 4.69) is 40.1 Å². The van der Waals surface area contributed by atoms with Crippen molar-refractivity contribution in [2.45, 2.75) is 13.2 Å². The van der Waals surface area contributed by atoms with E-state index >= 15 is 0 Å². The van der Waals surface area contributed by atoms with E-state index in [9.17, 15) is 0 Å². The average molecular weight is 272 g/mol. The van der Waals surface area contributed by atoms with Crippen LogP contribution < -0.4 is 4.90 Å². The van der Waals surface area contributed by atoms with Crippen LogP contribution in [0.15, 0.2) is 46.9 Å². The van der Waals surface area contributed by atoms with Gasteiger partial charge in [0.25, 0.3) is 0 Å². The molecule has 4 heteroatoms. The molecule has 1 aliphatic rings. The number of piperazine rings is 1. The zero-order chi connectivity index (χ0) is 13.8. The fourth-order valence-corrected chi connectivity index (χ4v) is 2.62. The molecule has 1 N–H and O–H groups in total.